The van der Waals surface area contributed by atoms with Gasteiger partial charge in [-0.3, -0.25) is 14.9 Å². The van der Waals surface area contributed by atoms with E-state index < -0.39 is 10.9 Å². The summed E-state index contributed by atoms with van der Waals surface area (Å²) >= 11 is 2.07. The molecule has 0 aliphatic carbocycles. The van der Waals surface area contributed by atoms with Crippen molar-refractivity contribution in [3.05, 3.63) is 31.9 Å². The number of nitrogens with zero attached hydrogens (tertiary/aromatic N) is 1. The third kappa shape index (κ3) is 5.86. The lowest BCUT2D eigenvalue weighted by molar-refractivity contribution is -0.384. The van der Waals surface area contributed by atoms with Crippen LogP contribution >= 0.6 is 22.6 Å². The highest BCUT2D eigenvalue weighted by molar-refractivity contribution is 14.1. The van der Waals surface area contributed by atoms with E-state index in [0.29, 0.717) is 6.42 Å². The van der Waals surface area contributed by atoms with Gasteiger partial charge in [-0.15, -0.1) is 0 Å². The number of aliphatic carboxylic acids is 1. The molecule has 0 aliphatic heterocycles. The Hall–Kier alpha value is -1.38. The van der Waals surface area contributed by atoms with Crippen LogP contribution in [-0.2, 0) is 4.79 Å². The monoisotopic (exact) mass is 406 g/mol. The van der Waals surface area contributed by atoms with Crippen molar-refractivity contribution in [1.29, 1.82) is 0 Å². The van der Waals surface area contributed by atoms with E-state index in [1.807, 2.05) is 6.92 Å². The minimum Gasteiger partial charge on any atom is -0.481 e. The van der Waals surface area contributed by atoms with Crippen LogP contribution in [-0.4, -0.2) is 22.0 Å². The third-order valence-electron chi connectivity index (χ3n) is 3.26. The molecule has 0 amide bonds. The molecule has 0 spiro atoms. The average Bonchev–Trinajstić information content (AvgIpc) is 2.40. The molecule has 0 saturated carbocycles. The molecule has 1 rings (SSSR count). The lowest BCUT2D eigenvalue weighted by atomic mass is 10.0. The molecule has 0 aromatic heterocycles. The van der Waals surface area contributed by atoms with Gasteiger partial charge in [0.2, 0.25) is 0 Å². The number of hydrogen-bond donors (Lipinski definition) is 2. The molecular formula is C14H19IN2O4. The summed E-state index contributed by atoms with van der Waals surface area (Å²) in [6, 6.07) is 4.89. The Kier molecular flexibility index (Phi) is 6.86. The summed E-state index contributed by atoms with van der Waals surface area (Å²) in [7, 11) is 0. The topological polar surface area (TPSA) is 92.5 Å². The van der Waals surface area contributed by atoms with Crippen LogP contribution in [0.5, 0.6) is 0 Å². The van der Waals surface area contributed by atoms with E-state index in [-0.39, 0.29) is 17.6 Å². The first-order valence-corrected chi connectivity index (χ1v) is 7.82. The molecule has 6 nitrogen and oxygen atoms in total. The predicted octanol–water partition coefficient (Wildman–Crippen LogP) is 3.89. The van der Waals surface area contributed by atoms with E-state index in [2.05, 4.69) is 27.9 Å². The summed E-state index contributed by atoms with van der Waals surface area (Å²) < 4.78 is 0.799. The predicted molar refractivity (Wildman–Crippen MR) is 89.5 cm³/mol. The van der Waals surface area contributed by atoms with Crippen LogP contribution in [0.15, 0.2) is 18.2 Å². The smallest absolute Gasteiger partial charge is 0.306 e. The van der Waals surface area contributed by atoms with Crippen molar-refractivity contribution in [3.63, 3.8) is 0 Å². The normalized spacial score (nSPS) is 13.5. The van der Waals surface area contributed by atoms with E-state index in [0.717, 1.165) is 22.1 Å². The van der Waals surface area contributed by atoms with Gasteiger partial charge in [-0.05, 0) is 48.4 Å². The number of nitro benzene ring substituents is 1. The fourth-order valence-corrected chi connectivity index (χ4v) is 2.58. The number of anilines is 1. The van der Waals surface area contributed by atoms with Gasteiger partial charge in [0.1, 0.15) is 0 Å². The Balaban J connectivity index is 2.49. The van der Waals surface area contributed by atoms with Crippen LogP contribution in [0.2, 0.25) is 0 Å². The number of hydrogen-bond acceptors (Lipinski definition) is 4. The van der Waals surface area contributed by atoms with Crippen LogP contribution in [0.4, 0.5) is 11.4 Å². The van der Waals surface area contributed by atoms with Crippen molar-refractivity contribution >= 4 is 39.9 Å². The fourth-order valence-electron chi connectivity index (χ4n) is 1.93. The molecule has 0 saturated heterocycles. The van der Waals surface area contributed by atoms with Crippen LogP contribution in [0, 0.1) is 19.6 Å². The van der Waals surface area contributed by atoms with E-state index in [9.17, 15) is 14.9 Å². The number of benzene rings is 1. The molecule has 0 fully saturated rings. The number of halogens is 1. The molecule has 21 heavy (non-hydrogen) atoms. The van der Waals surface area contributed by atoms with Gasteiger partial charge >= 0.3 is 5.97 Å². The first-order chi connectivity index (χ1) is 9.81. The Morgan fingerprint density at radius 2 is 2.10 bits per heavy atom. The second-order valence-electron chi connectivity index (χ2n) is 5.14. The van der Waals surface area contributed by atoms with Gasteiger partial charge in [-0.1, -0.05) is 13.3 Å². The summed E-state index contributed by atoms with van der Waals surface area (Å²) in [4.78, 5) is 21.0. The Morgan fingerprint density at radius 3 is 2.62 bits per heavy atom. The van der Waals surface area contributed by atoms with Crippen molar-refractivity contribution in [2.45, 2.75) is 39.2 Å². The zero-order valence-corrected chi connectivity index (χ0v) is 14.2. The van der Waals surface area contributed by atoms with Gasteiger partial charge in [0.05, 0.1) is 10.8 Å². The van der Waals surface area contributed by atoms with Gasteiger partial charge in [0.25, 0.3) is 5.69 Å². The standard InChI is InChI=1S/C14H19IN2O4/c1-9(14(18)19)4-3-5-10(2)16-13-7-6-11(17(20)21)8-12(13)15/h6-10,16H,3-5H2,1-2H3,(H,18,19). The highest BCUT2D eigenvalue weighted by Gasteiger charge is 2.13. The minimum atomic E-state index is -0.763. The Morgan fingerprint density at radius 1 is 1.43 bits per heavy atom. The number of rotatable bonds is 8. The van der Waals surface area contributed by atoms with Crippen LogP contribution < -0.4 is 5.32 Å². The average molecular weight is 406 g/mol. The summed E-state index contributed by atoms with van der Waals surface area (Å²) in [6.07, 6.45) is 2.33. The molecule has 1 aromatic rings. The summed E-state index contributed by atoms with van der Waals surface area (Å²) in [6.45, 7) is 3.72. The van der Waals surface area contributed by atoms with Gasteiger partial charge in [0.15, 0.2) is 0 Å². The summed E-state index contributed by atoms with van der Waals surface area (Å²) in [5.41, 5.74) is 0.938. The van der Waals surface area contributed by atoms with Crippen molar-refractivity contribution < 1.29 is 14.8 Å². The highest BCUT2D eigenvalue weighted by atomic mass is 127. The van der Waals surface area contributed by atoms with Gasteiger partial charge in [0, 0.05) is 27.4 Å². The number of carbonyl (C=O) groups is 1. The van der Waals surface area contributed by atoms with E-state index in [1.165, 1.54) is 12.1 Å². The molecule has 7 heteroatoms. The third-order valence-corrected chi connectivity index (χ3v) is 4.15. The number of carboxylic acid groups (broad SMARTS) is 1. The molecule has 0 heterocycles. The van der Waals surface area contributed by atoms with E-state index in [4.69, 9.17) is 5.11 Å². The molecule has 2 unspecified atom stereocenters. The quantitative estimate of drug-likeness (QED) is 0.388. The summed E-state index contributed by atoms with van der Waals surface area (Å²) in [5, 5.41) is 22.8. The molecule has 2 N–H and O–H groups in total. The van der Waals surface area contributed by atoms with Crippen LogP contribution in [0.25, 0.3) is 0 Å². The minimum absolute atomic E-state index is 0.0767. The lowest BCUT2D eigenvalue weighted by Crippen LogP contribution is -2.17. The SMILES string of the molecule is CC(CCCC(C)C(=O)O)Nc1ccc([N+](=O)[O-])cc1I. The van der Waals surface area contributed by atoms with Gasteiger partial charge in [-0.2, -0.15) is 0 Å². The molecule has 0 aliphatic rings. The molecule has 1 aromatic carbocycles. The molecule has 0 radical (unpaired) electrons. The van der Waals surface area contributed by atoms with Crippen molar-refractivity contribution in [3.8, 4) is 0 Å². The maximum Gasteiger partial charge on any atom is 0.306 e. The number of nitro groups is 1. The maximum atomic E-state index is 10.7. The number of nitrogens with one attached hydrogen (secondary N) is 1. The Bertz CT molecular complexity index is 522. The van der Waals surface area contributed by atoms with Gasteiger partial charge in [-0.25, -0.2) is 0 Å². The number of non-ortho nitro benzene ring substituents is 1. The van der Waals surface area contributed by atoms with E-state index >= 15 is 0 Å². The van der Waals surface area contributed by atoms with Crippen LogP contribution in [0.1, 0.15) is 33.1 Å². The zero-order chi connectivity index (χ0) is 16.0. The van der Waals surface area contributed by atoms with Crippen molar-refractivity contribution in [2.24, 2.45) is 5.92 Å². The molecule has 2 atom stereocenters. The lowest BCUT2D eigenvalue weighted by Gasteiger charge is -2.17. The van der Waals surface area contributed by atoms with Gasteiger partial charge < -0.3 is 10.4 Å². The van der Waals surface area contributed by atoms with Crippen molar-refractivity contribution in [2.75, 3.05) is 5.32 Å². The first-order valence-electron chi connectivity index (χ1n) is 6.74. The number of carboxylic acids is 1. The summed E-state index contributed by atoms with van der Waals surface area (Å²) in [5.74, 6) is -1.09. The second-order valence-corrected chi connectivity index (χ2v) is 6.30. The zero-order valence-electron chi connectivity index (χ0n) is 12.0. The van der Waals surface area contributed by atoms with Crippen LogP contribution in [0.3, 0.4) is 0 Å². The molecule has 0 bridgehead atoms. The van der Waals surface area contributed by atoms with Crippen molar-refractivity contribution in [1.82, 2.24) is 0 Å². The molecular weight excluding hydrogens is 387 g/mol. The Labute approximate surface area is 137 Å². The first kappa shape index (κ1) is 17.7. The van der Waals surface area contributed by atoms with E-state index in [1.54, 1.807) is 13.0 Å². The maximum absolute atomic E-state index is 10.7. The largest absolute Gasteiger partial charge is 0.481 e. The molecule has 116 valence electrons. The highest BCUT2D eigenvalue weighted by Crippen LogP contribution is 2.25. The second kappa shape index (κ2) is 8.16. The fraction of sp³-hybridized carbons (Fsp3) is 0.500.